The molecule has 1 heterocycles. The number of halogens is 2. The fourth-order valence-electron chi connectivity index (χ4n) is 5.32. The van der Waals surface area contributed by atoms with E-state index in [1.54, 1.807) is 61.2 Å². The van der Waals surface area contributed by atoms with Crippen LogP contribution in [-0.4, -0.2) is 52.9 Å². The van der Waals surface area contributed by atoms with Crippen molar-refractivity contribution < 1.29 is 27.9 Å². The Kier molecular flexibility index (Phi) is 8.00. The standard InChI is InChI=1S/C26H29Cl2NO6S/c1-15(2)36(33,34)22-8-4-7-20(22)29-24(16-9-11-18(27)12-10-16)25(17-5-3-6-19(28)13-17)35-21(26(29)32)14-23(30)31/h3,5-6,9-13,15,20-22,24-25H,4,7-8,14H2,1-2H3,(H,30,31). The number of benzene rings is 2. The predicted octanol–water partition coefficient (Wildman–Crippen LogP) is 5.22. The second kappa shape index (κ2) is 10.7. The number of carbonyl (C=O) groups is 2. The van der Waals surface area contributed by atoms with Crippen molar-refractivity contribution in [2.75, 3.05) is 0 Å². The van der Waals surface area contributed by atoms with Crippen molar-refractivity contribution in [2.24, 2.45) is 0 Å². The van der Waals surface area contributed by atoms with E-state index in [0.29, 0.717) is 40.4 Å². The second-order valence-electron chi connectivity index (χ2n) is 9.61. The molecule has 194 valence electrons. The van der Waals surface area contributed by atoms with Gasteiger partial charge in [0.1, 0.15) is 12.2 Å². The number of sulfone groups is 1. The van der Waals surface area contributed by atoms with Crippen LogP contribution in [0.25, 0.3) is 0 Å². The van der Waals surface area contributed by atoms with E-state index in [1.807, 2.05) is 6.07 Å². The Morgan fingerprint density at radius 3 is 2.39 bits per heavy atom. The van der Waals surface area contributed by atoms with Crippen molar-refractivity contribution in [3.05, 3.63) is 69.7 Å². The van der Waals surface area contributed by atoms with E-state index >= 15 is 0 Å². The van der Waals surface area contributed by atoms with Crippen LogP contribution in [0, 0.1) is 0 Å². The predicted molar refractivity (Wildman–Crippen MR) is 138 cm³/mol. The molecule has 2 aliphatic rings. The third-order valence-electron chi connectivity index (χ3n) is 7.03. The highest BCUT2D eigenvalue weighted by Crippen LogP contribution is 2.47. The highest BCUT2D eigenvalue weighted by atomic mass is 35.5. The highest BCUT2D eigenvalue weighted by Gasteiger charge is 2.52. The van der Waals surface area contributed by atoms with Crippen molar-refractivity contribution >= 4 is 44.9 Å². The molecule has 10 heteroatoms. The minimum Gasteiger partial charge on any atom is -0.481 e. The van der Waals surface area contributed by atoms with E-state index in [2.05, 4.69) is 0 Å². The van der Waals surface area contributed by atoms with Gasteiger partial charge in [-0.2, -0.15) is 0 Å². The zero-order valence-electron chi connectivity index (χ0n) is 20.0. The fraction of sp³-hybridized carbons (Fsp3) is 0.462. The number of rotatable bonds is 7. The van der Waals surface area contributed by atoms with Gasteiger partial charge in [-0.15, -0.1) is 0 Å². The first-order valence-electron chi connectivity index (χ1n) is 11.9. The van der Waals surface area contributed by atoms with Gasteiger partial charge in [0.05, 0.1) is 23.0 Å². The maximum absolute atomic E-state index is 13.9. The summed E-state index contributed by atoms with van der Waals surface area (Å²) in [6.45, 7) is 3.29. The molecule has 1 saturated heterocycles. The second-order valence-corrected chi connectivity index (χ2v) is 13.2. The lowest BCUT2D eigenvalue weighted by Crippen LogP contribution is -2.58. The van der Waals surface area contributed by atoms with E-state index in [9.17, 15) is 23.1 Å². The normalized spacial score (nSPS) is 27.0. The number of hydrogen-bond acceptors (Lipinski definition) is 5. The smallest absolute Gasteiger partial charge is 0.306 e. The lowest BCUT2D eigenvalue weighted by atomic mass is 9.89. The molecule has 0 bridgehead atoms. The van der Waals surface area contributed by atoms with E-state index in [-0.39, 0.29) is 0 Å². The molecule has 2 aromatic rings. The van der Waals surface area contributed by atoms with Gasteiger partial charge in [-0.3, -0.25) is 9.59 Å². The molecule has 0 radical (unpaired) electrons. The van der Waals surface area contributed by atoms with Gasteiger partial charge in [0.2, 0.25) is 0 Å². The third kappa shape index (κ3) is 5.28. The van der Waals surface area contributed by atoms with Gasteiger partial charge in [0.25, 0.3) is 5.91 Å². The molecular formula is C26H29Cl2NO6S. The van der Waals surface area contributed by atoms with Gasteiger partial charge >= 0.3 is 5.97 Å². The number of amides is 1. The van der Waals surface area contributed by atoms with Crippen molar-refractivity contribution in [3.63, 3.8) is 0 Å². The Bertz CT molecular complexity index is 1230. The summed E-state index contributed by atoms with van der Waals surface area (Å²) in [7, 11) is -3.53. The summed E-state index contributed by atoms with van der Waals surface area (Å²) < 4.78 is 32.9. The lowest BCUT2D eigenvalue weighted by molar-refractivity contribution is -0.183. The van der Waals surface area contributed by atoms with Crippen LogP contribution in [0.3, 0.4) is 0 Å². The molecule has 5 unspecified atom stereocenters. The SMILES string of the molecule is CC(C)S(=O)(=O)C1CCCC1N1C(=O)C(CC(=O)O)OC(c2cccc(Cl)c2)C1c1ccc(Cl)cc1. The molecule has 1 amide bonds. The molecule has 1 aliphatic carbocycles. The molecule has 0 aromatic heterocycles. The van der Waals surface area contributed by atoms with Gasteiger partial charge in [0, 0.05) is 16.1 Å². The van der Waals surface area contributed by atoms with E-state index in [0.717, 1.165) is 0 Å². The summed E-state index contributed by atoms with van der Waals surface area (Å²) >= 11 is 12.4. The minimum absolute atomic E-state index is 0.439. The number of carboxylic acids is 1. The molecule has 2 fully saturated rings. The van der Waals surface area contributed by atoms with E-state index in [1.165, 1.54) is 0 Å². The Morgan fingerprint density at radius 1 is 1.08 bits per heavy atom. The highest BCUT2D eigenvalue weighted by molar-refractivity contribution is 7.92. The van der Waals surface area contributed by atoms with Crippen LogP contribution < -0.4 is 0 Å². The molecule has 1 N–H and O–H groups in total. The first kappa shape index (κ1) is 26.9. The van der Waals surface area contributed by atoms with Gasteiger partial charge in [-0.05, 0) is 68.5 Å². The Balaban J connectivity index is 1.90. The largest absolute Gasteiger partial charge is 0.481 e. The lowest BCUT2D eigenvalue weighted by Gasteiger charge is -2.48. The zero-order valence-corrected chi connectivity index (χ0v) is 22.3. The maximum atomic E-state index is 13.9. The van der Waals surface area contributed by atoms with Crippen molar-refractivity contribution in [3.8, 4) is 0 Å². The Morgan fingerprint density at radius 2 is 1.78 bits per heavy atom. The summed E-state index contributed by atoms with van der Waals surface area (Å²) in [5.41, 5.74) is 1.37. The van der Waals surface area contributed by atoms with Crippen LogP contribution in [0.1, 0.15) is 62.8 Å². The van der Waals surface area contributed by atoms with Crippen LogP contribution in [0.4, 0.5) is 0 Å². The summed E-state index contributed by atoms with van der Waals surface area (Å²) in [6, 6.07) is 12.7. The molecule has 2 aromatic carbocycles. The number of nitrogens with zero attached hydrogens (tertiary/aromatic N) is 1. The number of carbonyl (C=O) groups excluding carboxylic acids is 1. The molecule has 36 heavy (non-hydrogen) atoms. The van der Waals surface area contributed by atoms with Gasteiger partial charge in [0.15, 0.2) is 9.84 Å². The quantitative estimate of drug-likeness (QED) is 0.504. The molecule has 0 spiro atoms. The third-order valence-corrected chi connectivity index (χ3v) is 10.2. The number of ether oxygens (including phenoxy) is 1. The first-order chi connectivity index (χ1) is 17.0. The van der Waals surface area contributed by atoms with Crippen molar-refractivity contribution in [1.82, 2.24) is 4.90 Å². The molecule has 1 aliphatic heterocycles. The van der Waals surface area contributed by atoms with E-state index in [4.69, 9.17) is 27.9 Å². The van der Waals surface area contributed by atoms with Crippen LogP contribution in [0.2, 0.25) is 10.0 Å². The van der Waals surface area contributed by atoms with Gasteiger partial charge < -0.3 is 14.7 Å². The molecule has 1 saturated carbocycles. The summed E-state index contributed by atoms with van der Waals surface area (Å²) in [5, 5.41) is 9.14. The summed E-state index contributed by atoms with van der Waals surface area (Å²) in [4.78, 5) is 27.1. The van der Waals surface area contributed by atoms with Crippen molar-refractivity contribution in [1.29, 1.82) is 0 Å². The summed E-state index contributed by atoms with van der Waals surface area (Å²) in [5.74, 6) is -1.70. The zero-order chi connectivity index (χ0) is 26.2. The molecule has 7 nitrogen and oxygen atoms in total. The molecular weight excluding hydrogens is 525 g/mol. The average Bonchev–Trinajstić information content (AvgIpc) is 3.30. The monoisotopic (exact) mass is 553 g/mol. The Labute approximate surface area is 221 Å². The maximum Gasteiger partial charge on any atom is 0.306 e. The number of morpholine rings is 1. The summed E-state index contributed by atoms with van der Waals surface area (Å²) in [6.07, 6.45) is -0.991. The number of carboxylic acid groups (broad SMARTS) is 1. The van der Waals surface area contributed by atoms with Crippen LogP contribution in [0.15, 0.2) is 48.5 Å². The molecule has 4 rings (SSSR count). The molecule has 5 atom stereocenters. The minimum atomic E-state index is -3.53. The number of hydrogen-bond donors (Lipinski definition) is 1. The average molecular weight is 554 g/mol. The fourth-order valence-corrected chi connectivity index (χ4v) is 7.54. The van der Waals surface area contributed by atoms with Crippen LogP contribution in [0.5, 0.6) is 0 Å². The topological polar surface area (TPSA) is 101 Å². The van der Waals surface area contributed by atoms with E-state index < -0.39 is 62.9 Å². The first-order valence-corrected chi connectivity index (χ1v) is 14.3. The van der Waals surface area contributed by atoms with Crippen molar-refractivity contribution in [2.45, 2.75) is 74.3 Å². The van der Waals surface area contributed by atoms with Gasteiger partial charge in [-0.1, -0.05) is 47.5 Å². The van der Waals surface area contributed by atoms with Crippen LogP contribution in [-0.2, 0) is 24.2 Å². The number of aliphatic carboxylic acids is 1. The van der Waals surface area contributed by atoms with Crippen LogP contribution >= 0.6 is 23.2 Å². The van der Waals surface area contributed by atoms with Gasteiger partial charge in [-0.25, -0.2) is 8.42 Å². The Hall–Kier alpha value is -2.13.